The topological polar surface area (TPSA) is 68.5 Å². The molecule has 1 aromatic carbocycles. The van der Waals surface area contributed by atoms with Crippen molar-refractivity contribution in [1.29, 1.82) is 0 Å². The number of thiophene rings is 1. The molecule has 0 unspecified atom stereocenters. The zero-order valence-electron chi connectivity index (χ0n) is 14.2. The maximum absolute atomic E-state index is 11.7. The number of pyridine rings is 1. The predicted octanol–water partition coefficient (Wildman–Crippen LogP) is 3.13. The molecular formula is C19H17N3O2S. The molecule has 0 aliphatic carbocycles. The van der Waals surface area contributed by atoms with E-state index in [-0.39, 0.29) is 0 Å². The van der Waals surface area contributed by atoms with Crippen LogP contribution in [0.15, 0.2) is 36.5 Å². The zero-order valence-corrected chi connectivity index (χ0v) is 15.0. The smallest absolute Gasteiger partial charge is 0.350 e. The standard InChI is InChI=1S/C19H17N3O2S/c1-22(2)14-8-6-12(7-9-14)4-5-13-10-15-17(21-11-13)16(20)18(25-15)19(23)24-3/h6-11H,20H2,1-3H3. The van der Waals surface area contributed by atoms with Crippen molar-refractivity contribution in [3.05, 3.63) is 52.5 Å². The largest absolute Gasteiger partial charge is 0.465 e. The van der Waals surface area contributed by atoms with Gasteiger partial charge < -0.3 is 15.4 Å². The van der Waals surface area contributed by atoms with E-state index in [0.717, 1.165) is 21.5 Å². The Morgan fingerprint density at radius 1 is 1.20 bits per heavy atom. The lowest BCUT2D eigenvalue weighted by atomic mass is 10.2. The van der Waals surface area contributed by atoms with Gasteiger partial charge in [0.25, 0.3) is 0 Å². The number of nitrogens with two attached hydrogens (primary N) is 1. The summed E-state index contributed by atoms with van der Waals surface area (Å²) in [6.45, 7) is 0. The number of nitrogens with zero attached hydrogens (tertiary/aromatic N) is 2. The summed E-state index contributed by atoms with van der Waals surface area (Å²) in [4.78, 5) is 18.5. The number of carbonyl (C=O) groups excluding carboxylic acids is 1. The normalized spacial score (nSPS) is 10.2. The van der Waals surface area contributed by atoms with E-state index < -0.39 is 5.97 Å². The first-order valence-electron chi connectivity index (χ1n) is 7.55. The minimum absolute atomic E-state index is 0.352. The number of ether oxygens (including phenoxy) is 1. The highest BCUT2D eigenvalue weighted by Crippen LogP contribution is 2.32. The molecule has 0 aliphatic heterocycles. The molecule has 0 atom stereocenters. The molecule has 2 aromatic heterocycles. The van der Waals surface area contributed by atoms with Gasteiger partial charge in [0.2, 0.25) is 0 Å². The number of hydrogen-bond acceptors (Lipinski definition) is 6. The summed E-state index contributed by atoms with van der Waals surface area (Å²) >= 11 is 1.26. The van der Waals surface area contributed by atoms with Crippen molar-refractivity contribution in [2.24, 2.45) is 0 Å². The first-order chi connectivity index (χ1) is 12.0. The first kappa shape index (κ1) is 16.8. The molecule has 2 heterocycles. The second-order valence-electron chi connectivity index (χ2n) is 5.60. The van der Waals surface area contributed by atoms with E-state index in [1.807, 2.05) is 49.3 Å². The molecule has 0 saturated carbocycles. The molecule has 0 saturated heterocycles. The van der Waals surface area contributed by atoms with Crippen LogP contribution in [0.25, 0.3) is 10.2 Å². The second kappa shape index (κ2) is 6.83. The second-order valence-corrected chi connectivity index (χ2v) is 6.65. The van der Waals surface area contributed by atoms with Gasteiger partial charge in [-0.1, -0.05) is 11.8 Å². The van der Waals surface area contributed by atoms with Crippen molar-refractivity contribution in [1.82, 2.24) is 4.98 Å². The molecule has 3 aromatic rings. The molecule has 0 spiro atoms. The average Bonchev–Trinajstić information content (AvgIpc) is 2.96. The lowest BCUT2D eigenvalue weighted by Crippen LogP contribution is -2.07. The molecule has 25 heavy (non-hydrogen) atoms. The van der Waals surface area contributed by atoms with E-state index in [1.165, 1.54) is 18.4 Å². The third kappa shape index (κ3) is 3.42. The van der Waals surface area contributed by atoms with Gasteiger partial charge in [0.15, 0.2) is 0 Å². The van der Waals surface area contributed by atoms with Crippen LogP contribution in [0.3, 0.4) is 0 Å². The van der Waals surface area contributed by atoms with Crippen molar-refractivity contribution >= 4 is 38.9 Å². The minimum atomic E-state index is -0.450. The summed E-state index contributed by atoms with van der Waals surface area (Å²) in [6, 6.07) is 9.89. The van der Waals surface area contributed by atoms with Crippen molar-refractivity contribution in [3.8, 4) is 11.8 Å². The molecule has 0 bridgehead atoms. The van der Waals surface area contributed by atoms with Gasteiger partial charge in [0, 0.05) is 37.1 Å². The van der Waals surface area contributed by atoms with Crippen LogP contribution in [0.1, 0.15) is 20.8 Å². The third-order valence-electron chi connectivity index (χ3n) is 3.67. The van der Waals surface area contributed by atoms with Crippen LogP contribution in [0.5, 0.6) is 0 Å². The number of nitrogen functional groups attached to an aromatic ring is 1. The SMILES string of the molecule is COC(=O)c1sc2cc(C#Cc3ccc(N(C)C)cc3)cnc2c1N. The van der Waals surface area contributed by atoms with Crippen LogP contribution in [0, 0.1) is 11.8 Å². The molecule has 126 valence electrons. The van der Waals surface area contributed by atoms with Gasteiger partial charge in [-0.05, 0) is 30.3 Å². The summed E-state index contributed by atoms with van der Waals surface area (Å²) in [5.41, 5.74) is 9.74. The third-order valence-corrected chi connectivity index (χ3v) is 4.79. The van der Waals surface area contributed by atoms with Gasteiger partial charge in [0.1, 0.15) is 10.4 Å². The van der Waals surface area contributed by atoms with Crippen LogP contribution in [0.2, 0.25) is 0 Å². The Balaban J connectivity index is 1.91. The molecular weight excluding hydrogens is 334 g/mol. The molecule has 0 aliphatic rings. The molecule has 5 nitrogen and oxygen atoms in total. The quantitative estimate of drug-likeness (QED) is 0.567. The fraction of sp³-hybridized carbons (Fsp3) is 0.158. The van der Waals surface area contributed by atoms with Gasteiger partial charge in [-0.2, -0.15) is 0 Å². The number of esters is 1. The van der Waals surface area contributed by atoms with Crippen molar-refractivity contribution in [2.75, 3.05) is 31.8 Å². The van der Waals surface area contributed by atoms with E-state index in [2.05, 4.69) is 16.8 Å². The number of methoxy groups -OCH3 is 1. The lowest BCUT2D eigenvalue weighted by molar-refractivity contribution is 0.0607. The van der Waals surface area contributed by atoms with E-state index in [9.17, 15) is 4.79 Å². The summed E-state index contributed by atoms with van der Waals surface area (Å²) in [6.07, 6.45) is 1.66. The number of aromatic nitrogens is 1. The summed E-state index contributed by atoms with van der Waals surface area (Å²) in [5.74, 6) is 5.77. The lowest BCUT2D eigenvalue weighted by Gasteiger charge is -2.11. The Labute approximate surface area is 150 Å². The highest BCUT2D eigenvalue weighted by atomic mass is 32.1. The first-order valence-corrected chi connectivity index (χ1v) is 8.37. The van der Waals surface area contributed by atoms with Crippen LogP contribution in [0.4, 0.5) is 11.4 Å². The number of carbonyl (C=O) groups is 1. The van der Waals surface area contributed by atoms with Gasteiger partial charge in [0.05, 0.1) is 17.5 Å². The fourth-order valence-electron chi connectivity index (χ4n) is 2.30. The van der Waals surface area contributed by atoms with Crippen molar-refractivity contribution in [3.63, 3.8) is 0 Å². The Morgan fingerprint density at radius 3 is 2.52 bits per heavy atom. The monoisotopic (exact) mass is 351 g/mol. The highest BCUT2D eigenvalue weighted by molar-refractivity contribution is 7.21. The van der Waals surface area contributed by atoms with E-state index in [0.29, 0.717) is 16.1 Å². The Kier molecular flexibility index (Phi) is 4.59. The van der Waals surface area contributed by atoms with Crippen LogP contribution >= 0.6 is 11.3 Å². The Hall–Kier alpha value is -3.04. The molecule has 6 heteroatoms. The van der Waals surface area contributed by atoms with E-state index in [1.54, 1.807) is 6.20 Å². The number of benzene rings is 1. The summed E-state index contributed by atoms with van der Waals surface area (Å²) < 4.78 is 5.55. The average molecular weight is 351 g/mol. The maximum Gasteiger partial charge on any atom is 0.350 e. The summed E-state index contributed by atoms with van der Waals surface area (Å²) in [5, 5.41) is 0. The molecule has 2 N–H and O–H groups in total. The van der Waals surface area contributed by atoms with Gasteiger partial charge in [-0.3, -0.25) is 4.98 Å². The fourth-order valence-corrected chi connectivity index (χ4v) is 3.34. The number of anilines is 2. The zero-order chi connectivity index (χ0) is 18.0. The van der Waals surface area contributed by atoms with Crippen molar-refractivity contribution < 1.29 is 9.53 Å². The summed E-state index contributed by atoms with van der Waals surface area (Å²) in [7, 11) is 5.33. The van der Waals surface area contributed by atoms with Crippen LogP contribution in [-0.2, 0) is 4.74 Å². The van der Waals surface area contributed by atoms with E-state index >= 15 is 0 Å². The Bertz CT molecular complexity index is 995. The molecule has 0 amide bonds. The van der Waals surface area contributed by atoms with Crippen molar-refractivity contribution in [2.45, 2.75) is 0 Å². The number of fused-ring (bicyclic) bond motifs is 1. The highest BCUT2D eigenvalue weighted by Gasteiger charge is 2.17. The van der Waals surface area contributed by atoms with Gasteiger partial charge >= 0.3 is 5.97 Å². The van der Waals surface area contributed by atoms with E-state index in [4.69, 9.17) is 10.5 Å². The Morgan fingerprint density at radius 2 is 1.88 bits per heavy atom. The molecule has 0 radical (unpaired) electrons. The number of hydrogen-bond donors (Lipinski definition) is 1. The van der Waals surface area contributed by atoms with Crippen LogP contribution in [-0.4, -0.2) is 32.2 Å². The van der Waals surface area contributed by atoms with Gasteiger partial charge in [-0.25, -0.2) is 4.79 Å². The number of rotatable bonds is 2. The predicted molar refractivity (Wildman–Crippen MR) is 102 cm³/mol. The molecule has 3 rings (SSSR count). The van der Waals surface area contributed by atoms with Crippen LogP contribution < -0.4 is 10.6 Å². The minimum Gasteiger partial charge on any atom is -0.465 e. The van der Waals surface area contributed by atoms with Gasteiger partial charge in [-0.15, -0.1) is 11.3 Å². The maximum atomic E-state index is 11.7. The molecule has 0 fully saturated rings.